The third-order valence-electron chi connectivity index (χ3n) is 6.82. The molecule has 1 unspecified atom stereocenters. The summed E-state index contributed by atoms with van der Waals surface area (Å²) < 4.78 is 13.3. The minimum Gasteiger partial charge on any atom is -0.352 e. The van der Waals surface area contributed by atoms with Gasteiger partial charge in [0.05, 0.1) is 19.1 Å². The second-order valence-corrected chi connectivity index (χ2v) is 9.49. The lowest BCUT2D eigenvalue weighted by molar-refractivity contribution is -0.135. The fourth-order valence-corrected chi connectivity index (χ4v) is 4.44. The monoisotopic (exact) mass is 474 g/mol. The summed E-state index contributed by atoms with van der Waals surface area (Å²) in [5.41, 5.74) is 0.442. The zero-order chi connectivity index (χ0) is 24.1. The molecule has 3 amide bonds. The SMILES string of the molecule is CC(C(=O)NC1CC1)N1CCN(CC(=O)N2CCN(CC(=O)Nc3cccc(F)c3)CC2)CC1. The minimum absolute atomic E-state index is 0.106. The Balaban J connectivity index is 1.13. The summed E-state index contributed by atoms with van der Waals surface area (Å²) in [5, 5.41) is 5.78. The molecule has 186 valence electrons. The molecule has 0 radical (unpaired) electrons. The lowest BCUT2D eigenvalue weighted by Crippen LogP contribution is -2.56. The van der Waals surface area contributed by atoms with Crippen LogP contribution in [0, 0.1) is 5.82 Å². The molecule has 1 aliphatic carbocycles. The molecule has 1 saturated carbocycles. The summed E-state index contributed by atoms with van der Waals surface area (Å²) in [6.07, 6.45) is 2.18. The highest BCUT2D eigenvalue weighted by Crippen LogP contribution is 2.19. The lowest BCUT2D eigenvalue weighted by atomic mass is 10.2. The average Bonchev–Trinajstić information content (AvgIpc) is 3.63. The predicted octanol–water partition coefficient (Wildman–Crippen LogP) is 0.193. The van der Waals surface area contributed by atoms with E-state index in [9.17, 15) is 18.8 Å². The van der Waals surface area contributed by atoms with E-state index in [2.05, 4.69) is 20.4 Å². The maximum absolute atomic E-state index is 13.3. The van der Waals surface area contributed by atoms with E-state index in [1.807, 2.05) is 16.7 Å². The zero-order valence-electron chi connectivity index (χ0n) is 19.8. The van der Waals surface area contributed by atoms with Crippen molar-refractivity contribution >= 4 is 23.4 Å². The quantitative estimate of drug-likeness (QED) is 0.560. The third kappa shape index (κ3) is 6.97. The lowest BCUT2D eigenvalue weighted by Gasteiger charge is -2.39. The van der Waals surface area contributed by atoms with Crippen molar-refractivity contribution in [3.8, 4) is 0 Å². The van der Waals surface area contributed by atoms with Crippen LogP contribution in [0.25, 0.3) is 0 Å². The Hall–Kier alpha value is -2.56. The van der Waals surface area contributed by atoms with E-state index >= 15 is 0 Å². The molecule has 2 N–H and O–H groups in total. The molecular formula is C24H35FN6O3. The minimum atomic E-state index is -0.389. The summed E-state index contributed by atoms with van der Waals surface area (Å²) in [7, 11) is 0. The van der Waals surface area contributed by atoms with Crippen molar-refractivity contribution in [3.63, 3.8) is 0 Å². The van der Waals surface area contributed by atoms with Gasteiger partial charge in [-0.2, -0.15) is 0 Å². The number of piperazine rings is 2. The Labute approximate surface area is 200 Å². The second-order valence-electron chi connectivity index (χ2n) is 9.49. The van der Waals surface area contributed by atoms with Gasteiger partial charge < -0.3 is 15.5 Å². The molecule has 2 heterocycles. The highest BCUT2D eigenvalue weighted by Gasteiger charge is 2.31. The number of rotatable bonds is 8. The number of hydrogen-bond acceptors (Lipinski definition) is 6. The maximum atomic E-state index is 13.3. The van der Waals surface area contributed by atoms with Crippen molar-refractivity contribution in [2.24, 2.45) is 0 Å². The normalized spacial score (nSPS) is 21.2. The van der Waals surface area contributed by atoms with Crippen LogP contribution in [0.4, 0.5) is 10.1 Å². The first-order valence-corrected chi connectivity index (χ1v) is 12.2. The van der Waals surface area contributed by atoms with Gasteiger partial charge in [-0.15, -0.1) is 0 Å². The Morgan fingerprint density at radius 2 is 1.62 bits per heavy atom. The van der Waals surface area contributed by atoms with E-state index in [1.165, 1.54) is 12.1 Å². The van der Waals surface area contributed by atoms with Gasteiger partial charge in [0.15, 0.2) is 0 Å². The molecule has 9 nitrogen and oxygen atoms in total. The van der Waals surface area contributed by atoms with Crippen LogP contribution in [0.1, 0.15) is 19.8 Å². The molecule has 10 heteroatoms. The van der Waals surface area contributed by atoms with Crippen molar-refractivity contribution in [1.82, 2.24) is 24.9 Å². The van der Waals surface area contributed by atoms with Gasteiger partial charge in [-0.1, -0.05) is 6.07 Å². The van der Waals surface area contributed by atoms with E-state index in [0.29, 0.717) is 44.5 Å². The van der Waals surface area contributed by atoms with Crippen LogP contribution in [-0.4, -0.2) is 115 Å². The summed E-state index contributed by atoms with van der Waals surface area (Å²) in [5.74, 6) is -0.366. The molecule has 0 aromatic heterocycles. The van der Waals surface area contributed by atoms with Gasteiger partial charge in [0.2, 0.25) is 17.7 Å². The zero-order valence-corrected chi connectivity index (χ0v) is 19.8. The predicted molar refractivity (Wildman–Crippen MR) is 127 cm³/mol. The van der Waals surface area contributed by atoms with Crippen molar-refractivity contribution < 1.29 is 18.8 Å². The highest BCUT2D eigenvalue weighted by molar-refractivity contribution is 5.92. The number of anilines is 1. The van der Waals surface area contributed by atoms with E-state index in [0.717, 1.165) is 39.0 Å². The fourth-order valence-electron chi connectivity index (χ4n) is 4.44. The van der Waals surface area contributed by atoms with Crippen molar-refractivity contribution in [1.29, 1.82) is 0 Å². The molecule has 1 aromatic carbocycles. The molecule has 34 heavy (non-hydrogen) atoms. The average molecular weight is 475 g/mol. The maximum Gasteiger partial charge on any atom is 0.238 e. The summed E-state index contributed by atoms with van der Waals surface area (Å²) in [4.78, 5) is 45.5. The smallest absolute Gasteiger partial charge is 0.238 e. The summed E-state index contributed by atoms with van der Waals surface area (Å²) in [6, 6.07) is 6.07. The second kappa shape index (κ2) is 11.2. The van der Waals surface area contributed by atoms with Crippen LogP contribution in [-0.2, 0) is 14.4 Å². The van der Waals surface area contributed by atoms with Crippen molar-refractivity contribution in [2.75, 3.05) is 70.8 Å². The van der Waals surface area contributed by atoms with Crippen LogP contribution in [0.5, 0.6) is 0 Å². The Morgan fingerprint density at radius 1 is 0.971 bits per heavy atom. The van der Waals surface area contributed by atoms with Crippen molar-refractivity contribution in [2.45, 2.75) is 31.8 Å². The number of halogens is 1. The number of amides is 3. The molecule has 3 fully saturated rings. The fraction of sp³-hybridized carbons (Fsp3) is 0.625. The largest absolute Gasteiger partial charge is 0.352 e. The van der Waals surface area contributed by atoms with Gasteiger partial charge in [-0.05, 0) is 38.0 Å². The van der Waals surface area contributed by atoms with Crippen LogP contribution < -0.4 is 10.6 Å². The first-order chi connectivity index (χ1) is 16.4. The van der Waals surface area contributed by atoms with E-state index in [1.54, 1.807) is 12.1 Å². The Kier molecular flexibility index (Phi) is 8.12. The molecule has 2 saturated heterocycles. The van der Waals surface area contributed by atoms with Crippen LogP contribution in [0.15, 0.2) is 24.3 Å². The van der Waals surface area contributed by atoms with Gasteiger partial charge in [-0.25, -0.2) is 4.39 Å². The number of nitrogens with one attached hydrogen (secondary N) is 2. The van der Waals surface area contributed by atoms with Gasteiger partial charge in [0.25, 0.3) is 0 Å². The van der Waals surface area contributed by atoms with Crippen LogP contribution in [0.3, 0.4) is 0 Å². The number of carbonyl (C=O) groups excluding carboxylic acids is 3. The van der Waals surface area contributed by atoms with Gasteiger partial charge >= 0.3 is 0 Å². The van der Waals surface area contributed by atoms with E-state index in [4.69, 9.17) is 0 Å². The summed E-state index contributed by atoms with van der Waals surface area (Å²) >= 11 is 0. The van der Waals surface area contributed by atoms with Crippen LogP contribution in [0.2, 0.25) is 0 Å². The molecule has 1 aromatic rings. The molecule has 4 rings (SSSR count). The van der Waals surface area contributed by atoms with Gasteiger partial charge in [0.1, 0.15) is 5.82 Å². The van der Waals surface area contributed by atoms with Crippen molar-refractivity contribution in [3.05, 3.63) is 30.1 Å². The first kappa shape index (κ1) is 24.6. The van der Waals surface area contributed by atoms with E-state index < -0.39 is 0 Å². The first-order valence-electron chi connectivity index (χ1n) is 12.2. The topological polar surface area (TPSA) is 88.2 Å². The third-order valence-corrected chi connectivity index (χ3v) is 6.82. The highest BCUT2D eigenvalue weighted by atomic mass is 19.1. The van der Waals surface area contributed by atoms with Gasteiger partial charge in [0, 0.05) is 64.1 Å². The van der Waals surface area contributed by atoms with Crippen LogP contribution >= 0.6 is 0 Å². The number of benzene rings is 1. The molecule has 0 bridgehead atoms. The standard InChI is InChI=1S/C24H35FN6O3/c1-18(24(34)27-20-5-6-20)30-11-7-29(8-12-30)17-23(33)31-13-9-28(10-14-31)16-22(32)26-21-4-2-3-19(25)15-21/h2-4,15,18,20H,5-14,16-17H2,1H3,(H,26,32)(H,27,34). The molecule has 3 aliphatic rings. The van der Waals surface area contributed by atoms with Gasteiger partial charge in [-0.3, -0.25) is 29.1 Å². The molecule has 0 spiro atoms. The molecule has 2 aliphatic heterocycles. The number of hydrogen-bond donors (Lipinski definition) is 2. The number of carbonyl (C=O) groups is 3. The Bertz CT molecular complexity index is 879. The molecule has 1 atom stereocenters. The Morgan fingerprint density at radius 3 is 2.26 bits per heavy atom. The number of nitrogens with zero attached hydrogens (tertiary/aromatic N) is 4. The molecular weight excluding hydrogens is 439 g/mol. The van der Waals surface area contributed by atoms with E-state index in [-0.39, 0.29) is 36.1 Å². The summed E-state index contributed by atoms with van der Waals surface area (Å²) in [6.45, 7) is 8.09.